The van der Waals surface area contributed by atoms with E-state index in [0.29, 0.717) is 35.6 Å². The van der Waals surface area contributed by atoms with Crippen molar-refractivity contribution in [3.8, 4) is 5.75 Å². The van der Waals surface area contributed by atoms with Gasteiger partial charge < -0.3 is 14.4 Å². The average molecular weight is 623 g/mol. The molecule has 4 heterocycles. The van der Waals surface area contributed by atoms with E-state index in [-0.39, 0.29) is 22.1 Å². The Bertz CT molecular complexity index is 1800. The minimum atomic E-state index is -1.07. The molecule has 1 atom stereocenters. The molecule has 44 heavy (non-hydrogen) atoms. The number of fused-ring (bicyclic) bond motifs is 2. The van der Waals surface area contributed by atoms with E-state index in [2.05, 4.69) is 9.88 Å². The number of ether oxygens (including phenoxy) is 1. The van der Waals surface area contributed by atoms with E-state index in [1.807, 2.05) is 16.7 Å². The number of alkyl halides is 1. The second kappa shape index (κ2) is 11.2. The Kier molecular flexibility index (Phi) is 7.37. The van der Waals surface area contributed by atoms with E-state index < -0.39 is 35.8 Å². The van der Waals surface area contributed by atoms with Crippen LogP contribution in [0.3, 0.4) is 0 Å². The molecule has 2 aromatic carbocycles. The molecule has 0 amide bonds. The molecule has 1 N–H and O–H groups in total. The second-order valence-corrected chi connectivity index (χ2v) is 12.5. The SMILES string of the molecule is O=C(O)c1cnc2nc(CN3CCC(c4cccc5c4OC(c4ccc(Cl)cc4F)C=C5F)CC3)n(CC3(CF)CC3)c2c1. The molecule has 3 aliphatic rings. The van der Waals surface area contributed by atoms with Crippen molar-refractivity contribution < 1.29 is 27.8 Å². The van der Waals surface area contributed by atoms with Gasteiger partial charge in [-0.2, -0.15) is 0 Å². The number of aromatic carboxylic acids is 1. The largest absolute Gasteiger partial charge is 0.480 e. The van der Waals surface area contributed by atoms with Crippen molar-refractivity contribution in [3.05, 3.63) is 93.7 Å². The standard InChI is InChI=1S/C33H30ClF3N4O3/c34-21-4-5-23(25(36)13-21)28-14-26(37)24-3-1-2-22(30(24)44-28)19-6-10-40(11-7-19)16-29-39-31-27(12-20(15-38-31)32(42)43)41(29)18-33(17-35)8-9-33/h1-5,12-15,19,28H,6-11,16-18H2,(H,42,43). The predicted molar refractivity (Wildman–Crippen MR) is 160 cm³/mol. The first-order valence-corrected chi connectivity index (χ1v) is 15.1. The van der Waals surface area contributed by atoms with E-state index in [0.717, 1.165) is 50.2 Å². The van der Waals surface area contributed by atoms with E-state index >= 15 is 4.39 Å². The summed E-state index contributed by atoms with van der Waals surface area (Å²) in [6, 6.07) is 11.3. The first-order valence-electron chi connectivity index (χ1n) is 14.7. The van der Waals surface area contributed by atoms with Crippen LogP contribution < -0.4 is 4.74 Å². The van der Waals surface area contributed by atoms with Gasteiger partial charge in [-0.25, -0.2) is 23.5 Å². The highest BCUT2D eigenvalue weighted by Gasteiger charge is 2.44. The number of benzene rings is 2. The summed E-state index contributed by atoms with van der Waals surface area (Å²) in [7, 11) is 0. The van der Waals surface area contributed by atoms with Crippen LogP contribution in [0.25, 0.3) is 17.0 Å². The van der Waals surface area contributed by atoms with Crippen LogP contribution in [-0.2, 0) is 13.1 Å². The summed E-state index contributed by atoms with van der Waals surface area (Å²) in [5.74, 6) is -0.815. The molecule has 2 fully saturated rings. The molecule has 1 aliphatic carbocycles. The zero-order chi connectivity index (χ0) is 30.6. The number of rotatable bonds is 8. The predicted octanol–water partition coefficient (Wildman–Crippen LogP) is 7.50. The van der Waals surface area contributed by atoms with Crippen LogP contribution >= 0.6 is 11.6 Å². The van der Waals surface area contributed by atoms with E-state index in [1.54, 1.807) is 18.2 Å². The monoisotopic (exact) mass is 622 g/mol. The van der Waals surface area contributed by atoms with Crippen molar-refractivity contribution in [1.82, 2.24) is 19.4 Å². The van der Waals surface area contributed by atoms with Crippen molar-refractivity contribution >= 4 is 34.6 Å². The normalized spacial score (nSPS) is 19.8. The number of halogens is 4. The Hall–Kier alpha value is -3.89. The minimum Gasteiger partial charge on any atom is -0.480 e. The molecule has 1 unspecified atom stereocenters. The lowest BCUT2D eigenvalue weighted by Crippen LogP contribution is -2.34. The first-order chi connectivity index (χ1) is 21.2. The number of para-hydroxylation sites is 1. The first kappa shape index (κ1) is 28.9. The summed E-state index contributed by atoms with van der Waals surface area (Å²) in [6.07, 6.45) is 4.79. The van der Waals surface area contributed by atoms with Gasteiger partial charge in [0.15, 0.2) is 5.65 Å². The molecule has 2 aromatic heterocycles. The second-order valence-electron chi connectivity index (χ2n) is 12.1. The van der Waals surface area contributed by atoms with Crippen LogP contribution in [-0.4, -0.2) is 50.3 Å². The van der Waals surface area contributed by atoms with Gasteiger partial charge >= 0.3 is 5.97 Å². The van der Waals surface area contributed by atoms with Gasteiger partial charge in [-0.05, 0) is 80.6 Å². The Morgan fingerprint density at radius 3 is 2.61 bits per heavy atom. The Morgan fingerprint density at radius 1 is 1.11 bits per heavy atom. The maximum atomic E-state index is 15.3. The van der Waals surface area contributed by atoms with Gasteiger partial charge in [0.2, 0.25) is 0 Å². The van der Waals surface area contributed by atoms with Crippen molar-refractivity contribution in [3.63, 3.8) is 0 Å². The van der Waals surface area contributed by atoms with Crippen LogP contribution in [0.1, 0.15) is 70.6 Å². The van der Waals surface area contributed by atoms with E-state index in [9.17, 15) is 18.7 Å². The third-order valence-electron chi connectivity index (χ3n) is 9.17. The van der Waals surface area contributed by atoms with Gasteiger partial charge in [0.25, 0.3) is 0 Å². The molecule has 1 saturated carbocycles. The van der Waals surface area contributed by atoms with Crippen molar-refractivity contribution in [2.24, 2.45) is 5.41 Å². The number of pyridine rings is 1. The summed E-state index contributed by atoms with van der Waals surface area (Å²) < 4.78 is 52.1. The van der Waals surface area contributed by atoms with Gasteiger partial charge in [-0.1, -0.05) is 29.8 Å². The third kappa shape index (κ3) is 5.34. The van der Waals surface area contributed by atoms with Crippen molar-refractivity contribution in [2.45, 2.75) is 50.8 Å². The Labute approximate surface area is 256 Å². The van der Waals surface area contributed by atoms with Gasteiger partial charge in [-0.3, -0.25) is 9.29 Å². The number of hydrogen-bond acceptors (Lipinski definition) is 5. The maximum absolute atomic E-state index is 15.3. The van der Waals surface area contributed by atoms with Crippen molar-refractivity contribution in [1.29, 1.82) is 0 Å². The number of hydrogen-bond donors (Lipinski definition) is 1. The maximum Gasteiger partial charge on any atom is 0.337 e. The average Bonchev–Trinajstić information content (AvgIpc) is 3.72. The number of imidazole rings is 1. The molecular weight excluding hydrogens is 593 g/mol. The van der Waals surface area contributed by atoms with Crippen LogP contribution in [0.5, 0.6) is 5.75 Å². The topological polar surface area (TPSA) is 80.5 Å². The van der Waals surface area contributed by atoms with Gasteiger partial charge in [0, 0.05) is 28.7 Å². The zero-order valence-electron chi connectivity index (χ0n) is 23.8. The molecular formula is C33H30ClF3N4O3. The summed E-state index contributed by atoms with van der Waals surface area (Å²) in [5, 5.41) is 9.76. The van der Waals surface area contributed by atoms with Crippen molar-refractivity contribution in [2.75, 3.05) is 19.8 Å². The third-order valence-corrected chi connectivity index (χ3v) is 9.41. The molecule has 2 aliphatic heterocycles. The molecule has 7 rings (SSSR count). The highest BCUT2D eigenvalue weighted by atomic mass is 35.5. The molecule has 0 spiro atoms. The van der Waals surface area contributed by atoms with Gasteiger partial charge in [0.1, 0.15) is 29.3 Å². The van der Waals surface area contributed by atoms with Crippen LogP contribution in [0.15, 0.2) is 54.7 Å². The lowest BCUT2D eigenvalue weighted by atomic mass is 9.86. The molecule has 7 nitrogen and oxygen atoms in total. The zero-order valence-corrected chi connectivity index (χ0v) is 24.5. The van der Waals surface area contributed by atoms with E-state index in [4.69, 9.17) is 21.3 Å². The Morgan fingerprint density at radius 2 is 1.91 bits per heavy atom. The molecule has 0 radical (unpaired) electrons. The number of nitrogens with zero attached hydrogens (tertiary/aromatic N) is 4. The number of carboxylic acid groups (broad SMARTS) is 1. The quantitative estimate of drug-likeness (QED) is 0.219. The fourth-order valence-corrected chi connectivity index (χ4v) is 6.54. The number of carbonyl (C=O) groups is 1. The fourth-order valence-electron chi connectivity index (χ4n) is 6.38. The molecule has 0 bridgehead atoms. The van der Waals surface area contributed by atoms with Crippen LogP contribution in [0, 0.1) is 11.2 Å². The summed E-state index contributed by atoms with van der Waals surface area (Å²) in [4.78, 5) is 22.9. The van der Waals surface area contributed by atoms with Crippen LogP contribution in [0.2, 0.25) is 5.02 Å². The minimum absolute atomic E-state index is 0.0665. The van der Waals surface area contributed by atoms with E-state index in [1.165, 1.54) is 24.4 Å². The number of carboxylic acids is 1. The fraction of sp³-hybridized carbons (Fsp3) is 0.364. The summed E-state index contributed by atoms with van der Waals surface area (Å²) in [6.45, 7) is 1.96. The molecule has 4 aromatic rings. The highest BCUT2D eigenvalue weighted by molar-refractivity contribution is 6.30. The lowest BCUT2D eigenvalue weighted by Gasteiger charge is -2.34. The molecule has 11 heteroatoms. The smallest absolute Gasteiger partial charge is 0.337 e. The molecule has 228 valence electrons. The molecule has 1 saturated heterocycles. The number of aromatic nitrogens is 3. The summed E-state index contributed by atoms with van der Waals surface area (Å²) in [5.41, 5.74) is 2.15. The van der Waals surface area contributed by atoms with Crippen LogP contribution in [0.4, 0.5) is 13.2 Å². The van der Waals surface area contributed by atoms with Gasteiger partial charge in [-0.15, -0.1) is 0 Å². The van der Waals surface area contributed by atoms with Gasteiger partial charge in [0.05, 0.1) is 29.9 Å². The number of piperidine rings is 1. The highest BCUT2D eigenvalue weighted by Crippen LogP contribution is 2.48. The summed E-state index contributed by atoms with van der Waals surface area (Å²) >= 11 is 5.92. The lowest BCUT2D eigenvalue weighted by molar-refractivity contribution is 0.0696. The Balaban J connectivity index is 1.10. The number of likely N-dealkylation sites (tertiary alicyclic amines) is 1.